The zero-order chi connectivity index (χ0) is 13.9. The molecule has 2 rings (SSSR count). The Morgan fingerprint density at radius 2 is 2.00 bits per heavy atom. The van der Waals surface area contributed by atoms with Crippen LogP contribution < -0.4 is 5.32 Å². The summed E-state index contributed by atoms with van der Waals surface area (Å²) >= 11 is 3.13. The van der Waals surface area contributed by atoms with Crippen molar-refractivity contribution in [3.05, 3.63) is 52.4 Å². The molecule has 1 aromatic heterocycles. The second-order valence-electron chi connectivity index (χ2n) is 3.95. The van der Waals surface area contributed by atoms with E-state index in [9.17, 15) is 13.2 Å². The smallest absolute Gasteiger partial charge is 0.416 e. The average Bonchev–Trinajstić information content (AvgIpc) is 2.83. The Bertz CT molecular complexity index is 537. The molecule has 0 saturated carbocycles. The van der Waals surface area contributed by atoms with Gasteiger partial charge in [0.05, 0.1) is 11.8 Å². The fourth-order valence-electron chi connectivity index (χ4n) is 1.61. The highest BCUT2D eigenvalue weighted by molar-refractivity contribution is 9.10. The van der Waals surface area contributed by atoms with Crippen LogP contribution in [0.15, 0.2) is 45.5 Å². The van der Waals surface area contributed by atoms with E-state index < -0.39 is 11.7 Å². The first-order chi connectivity index (χ1) is 8.97. The first-order valence-corrected chi connectivity index (χ1v) is 6.39. The van der Waals surface area contributed by atoms with Crippen LogP contribution in [0.4, 0.5) is 18.9 Å². The van der Waals surface area contributed by atoms with E-state index >= 15 is 0 Å². The minimum atomic E-state index is -4.32. The monoisotopic (exact) mass is 333 g/mol. The molecule has 0 saturated heterocycles. The summed E-state index contributed by atoms with van der Waals surface area (Å²) in [5.74, 6) is 0.829. The largest absolute Gasteiger partial charge is 0.469 e. The number of anilines is 1. The Morgan fingerprint density at radius 3 is 2.58 bits per heavy atom. The van der Waals surface area contributed by atoms with E-state index in [1.54, 1.807) is 12.3 Å². The van der Waals surface area contributed by atoms with E-state index in [4.69, 9.17) is 4.42 Å². The third-order valence-electron chi connectivity index (χ3n) is 2.56. The summed E-state index contributed by atoms with van der Waals surface area (Å²) in [6.45, 7) is 0.581. The summed E-state index contributed by atoms with van der Waals surface area (Å²) in [5.41, 5.74) is -0.0458. The first-order valence-electron chi connectivity index (χ1n) is 5.60. The lowest BCUT2D eigenvalue weighted by Crippen LogP contribution is -2.08. The maximum absolute atomic E-state index is 12.5. The minimum Gasteiger partial charge on any atom is -0.469 e. The molecule has 0 unspecified atom stereocenters. The van der Waals surface area contributed by atoms with E-state index in [0.717, 1.165) is 17.9 Å². The van der Waals surface area contributed by atoms with E-state index in [1.165, 1.54) is 6.07 Å². The molecule has 1 heterocycles. The van der Waals surface area contributed by atoms with Crippen LogP contribution in [0.3, 0.4) is 0 Å². The van der Waals surface area contributed by atoms with Gasteiger partial charge in [0.15, 0.2) is 0 Å². The maximum Gasteiger partial charge on any atom is 0.416 e. The molecule has 0 aliphatic carbocycles. The SMILES string of the molecule is FC(F)(F)c1ccc(NCCc2ccco2)c(Br)c1. The minimum absolute atomic E-state index is 0.391. The van der Waals surface area contributed by atoms with E-state index in [0.29, 0.717) is 23.1 Å². The number of hydrogen-bond donors (Lipinski definition) is 1. The highest BCUT2D eigenvalue weighted by Gasteiger charge is 2.30. The van der Waals surface area contributed by atoms with Crippen molar-refractivity contribution in [2.75, 3.05) is 11.9 Å². The molecule has 1 aromatic carbocycles. The highest BCUT2D eigenvalue weighted by atomic mass is 79.9. The fraction of sp³-hybridized carbons (Fsp3) is 0.231. The van der Waals surface area contributed by atoms with Crippen molar-refractivity contribution in [3.8, 4) is 0 Å². The second-order valence-corrected chi connectivity index (χ2v) is 4.80. The summed E-state index contributed by atoms with van der Waals surface area (Å²) < 4.78 is 43.0. The van der Waals surface area contributed by atoms with Gasteiger partial charge in [-0.2, -0.15) is 13.2 Å². The van der Waals surface area contributed by atoms with Crippen LogP contribution in [-0.2, 0) is 12.6 Å². The van der Waals surface area contributed by atoms with Crippen LogP contribution in [0.2, 0.25) is 0 Å². The van der Waals surface area contributed by atoms with Gasteiger partial charge in [-0.3, -0.25) is 0 Å². The van der Waals surface area contributed by atoms with Gasteiger partial charge in [-0.05, 0) is 46.3 Å². The lowest BCUT2D eigenvalue weighted by atomic mass is 10.2. The topological polar surface area (TPSA) is 25.2 Å². The van der Waals surface area contributed by atoms with Crippen molar-refractivity contribution >= 4 is 21.6 Å². The molecular weight excluding hydrogens is 323 g/mol. The predicted molar refractivity (Wildman–Crippen MR) is 70.0 cm³/mol. The number of nitrogens with one attached hydrogen (secondary N) is 1. The molecule has 0 bridgehead atoms. The summed E-state index contributed by atoms with van der Waals surface area (Å²) in [6.07, 6.45) is -2.07. The highest BCUT2D eigenvalue weighted by Crippen LogP contribution is 2.33. The molecule has 19 heavy (non-hydrogen) atoms. The van der Waals surface area contributed by atoms with Gasteiger partial charge >= 0.3 is 6.18 Å². The molecule has 102 valence electrons. The number of halogens is 4. The maximum atomic E-state index is 12.5. The van der Waals surface area contributed by atoms with Crippen molar-refractivity contribution < 1.29 is 17.6 Å². The van der Waals surface area contributed by atoms with Gasteiger partial charge in [-0.15, -0.1) is 0 Å². The summed E-state index contributed by atoms with van der Waals surface area (Å²) in [7, 11) is 0. The molecule has 1 N–H and O–H groups in total. The van der Waals surface area contributed by atoms with Crippen molar-refractivity contribution in [1.82, 2.24) is 0 Å². The quantitative estimate of drug-likeness (QED) is 0.876. The Hall–Kier alpha value is -1.43. The third-order valence-corrected chi connectivity index (χ3v) is 3.22. The Balaban J connectivity index is 1.97. The van der Waals surface area contributed by atoms with Gasteiger partial charge < -0.3 is 9.73 Å². The molecule has 0 atom stereocenters. The molecule has 0 spiro atoms. The van der Waals surface area contributed by atoms with Gasteiger partial charge in [0.2, 0.25) is 0 Å². The van der Waals surface area contributed by atoms with Crippen LogP contribution in [0.1, 0.15) is 11.3 Å². The molecule has 0 fully saturated rings. The van der Waals surface area contributed by atoms with Crippen molar-refractivity contribution in [1.29, 1.82) is 0 Å². The standard InChI is InChI=1S/C13H11BrF3NO/c14-11-8-9(13(15,16)17)3-4-12(11)18-6-5-10-2-1-7-19-10/h1-4,7-8,18H,5-6H2. The van der Waals surface area contributed by atoms with Crippen LogP contribution in [0.5, 0.6) is 0 Å². The van der Waals surface area contributed by atoms with Crippen LogP contribution in [0, 0.1) is 0 Å². The molecule has 2 nitrogen and oxygen atoms in total. The van der Waals surface area contributed by atoms with Crippen molar-refractivity contribution in [2.45, 2.75) is 12.6 Å². The lowest BCUT2D eigenvalue weighted by Gasteiger charge is -2.11. The Kier molecular flexibility index (Phi) is 4.19. The molecule has 0 aliphatic heterocycles. The van der Waals surface area contributed by atoms with Crippen LogP contribution in [-0.4, -0.2) is 6.54 Å². The summed E-state index contributed by atoms with van der Waals surface area (Å²) in [5, 5.41) is 3.06. The van der Waals surface area contributed by atoms with Gasteiger partial charge in [-0.1, -0.05) is 0 Å². The fourth-order valence-corrected chi connectivity index (χ4v) is 2.13. The Labute approximate surface area is 116 Å². The molecule has 0 radical (unpaired) electrons. The van der Waals surface area contributed by atoms with Gasteiger partial charge in [0, 0.05) is 23.1 Å². The van der Waals surface area contributed by atoms with E-state index in [1.807, 2.05) is 6.07 Å². The molecule has 0 amide bonds. The number of hydrogen-bond acceptors (Lipinski definition) is 2. The van der Waals surface area contributed by atoms with E-state index in [2.05, 4.69) is 21.2 Å². The lowest BCUT2D eigenvalue weighted by molar-refractivity contribution is -0.137. The molecular formula is C13H11BrF3NO. The van der Waals surface area contributed by atoms with Crippen molar-refractivity contribution in [2.24, 2.45) is 0 Å². The van der Waals surface area contributed by atoms with Gasteiger partial charge in [0.25, 0.3) is 0 Å². The van der Waals surface area contributed by atoms with Crippen LogP contribution in [0.25, 0.3) is 0 Å². The molecule has 2 aromatic rings. The number of furan rings is 1. The van der Waals surface area contributed by atoms with Crippen LogP contribution >= 0.6 is 15.9 Å². The van der Waals surface area contributed by atoms with Gasteiger partial charge in [-0.25, -0.2) is 0 Å². The molecule has 6 heteroatoms. The predicted octanol–water partition coefficient (Wildman–Crippen LogP) is 4.72. The normalized spacial score (nSPS) is 11.6. The number of benzene rings is 1. The zero-order valence-corrected chi connectivity index (χ0v) is 11.4. The average molecular weight is 334 g/mol. The van der Waals surface area contributed by atoms with Crippen molar-refractivity contribution in [3.63, 3.8) is 0 Å². The second kappa shape index (κ2) is 5.69. The first kappa shape index (κ1) is 14.0. The number of rotatable bonds is 4. The zero-order valence-electron chi connectivity index (χ0n) is 9.80. The van der Waals surface area contributed by atoms with Gasteiger partial charge in [0.1, 0.15) is 5.76 Å². The third kappa shape index (κ3) is 3.76. The molecule has 0 aliphatic rings. The Morgan fingerprint density at radius 1 is 1.21 bits per heavy atom. The van der Waals surface area contributed by atoms with E-state index in [-0.39, 0.29) is 0 Å². The summed E-state index contributed by atoms with van der Waals surface area (Å²) in [4.78, 5) is 0. The number of alkyl halides is 3. The summed E-state index contributed by atoms with van der Waals surface area (Å²) in [6, 6.07) is 7.18.